The van der Waals surface area contributed by atoms with E-state index in [-0.39, 0.29) is 5.91 Å². The summed E-state index contributed by atoms with van der Waals surface area (Å²) in [4.78, 5) is 13.6. The lowest BCUT2D eigenvalue weighted by Crippen LogP contribution is -2.26. The van der Waals surface area contributed by atoms with Crippen LogP contribution in [0.25, 0.3) is 10.9 Å². The molecule has 0 unspecified atom stereocenters. The van der Waals surface area contributed by atoms with Crippen molar-refractivity contribution >= 4 is 16.8 Å². The van der Waals surface area contributed by atoms with E-state index in [1.54, 1.807) is 18.1 Å². The smallest absolute Gasteiger partial charge is 0.255 e. The van der Waals surface area contributed by atoms with Gasteiger partial charge in [0.1, 0.15) is 0 Å². The maximum Gasteiger partial charge on any atom is 0.255 e. The zero-order valence-corrected chi connectivity index (χ0v) is 8.82. The molecule has 0 bridgehead atoms. The van der Waals surface area contributed by atoms with Crippen LogP contribution in [0.2, 0.25) is 0 Å². The predicted molar refractivity (Wildman–Crippen MR) is 58.7 cm³/mol. The first kappa shape index (κ1) is 9.71. The average Bonchev–Trinajstić information content (AvgIpc) is 2.74. The number of nitrogens with one attached hydrogen (secondary N) is 1. The van der Waals surface area contributed by atoms with Gasteiger partial charge in [0.15, 0.2) is 0 Å². The van der Waals surface area contributed by atoms with Crippen LogP contribution in [-0.4, -0.2) is 34.6 Å². The van der Waals surface area contributed by atoms with Gasteiger partial charge in [0.25, 0.3) is 5.91 Å². The molecular formula is C11H13N3O. The lowest BCUT2D eigenvalue weighted by atomic mass is 10.1. The molecule has 4 nitrogen and oxygen atoms in total. The van der Waals surface area contributed by atoms with Crippen LogP contribution in [0.3, 0.4) is 0 Å². The molecule has 0 saturated carbocycles. The van der Waals surface area contributed by atoms with E-state index in [4.69, 9.17) is 0 Å². The molecule has 15 heavy (non-hydrogen) atoms. The number of H-pyrrole nitrogens is 1. The molecule has 1 aromatic heterocycles. The van der Waals surface area contributed by atoms with Gasteiger partial charge in [0.2, 0.25) is 0 Å². The minimum Gasteiger partial charge on any atom is -0.342 e. The van der Waals surface area contributed by atoms with Crippen molar-refractivity contribution in [2.75, 3.05) is 13.6 Å². The minimum atomic E-state index is 0.0207. The van der Waals surface area contributed by atoms with Gasteiger partial charge in [-0.05, 0) is 13.0 Å². The Labute approximate surface area is 87.9 Å². The second-order valence-electron chi connectivity index (χ2n) is 3.46. The molecule has 0 fully saturated rings. The van der Waals surface area contributed by atoms with E-state index in [9.17, 15) is 4.79 Å². The topological polar surface area (TPSA) is 49.0 Å². The number of fused-ring (bicyclic) bond motifs is 1. The second kappa shape index (κ2) is 3.73. The summed E-state index contributed by atoms with van der Waals surface area (Å²) in [5.74, 6) is 0.0207. The molecule has 1 N–H and O–H groups in total. The van der Waals surface area contributed by atoms with Crippen molar-refractivity contribution < 1.29 is 4.79 Å². The zero-order valence-electron chi connectivity index (χ0n) is 8.82. The molecular weight excluding hydrogens is 190 g/mol. The first-order valence-corrected chi connectivity index (χ1v) is 4.91. The van der Waals surface area contributed by atoms with Gasteiger partial charge in [-0.3, -0.25) is 9.89 Å². The number of nitrogens with zero attached hydrogens (tertiary/aromatic N) is 2. The number of aromatic amines is 1. The first-order valence-electron chi connectivity index (χ1n) is 4.91. The summed E-state index contributed by atoms with van der Waals surface area (Å²) in [5, 5.41) is 7.75. The lowest BCUT2D eigenvalue weighted by molar-refractivity contribution is 0.0804. The summed E-state index contributed by atoms with van der Waals surface area (Å²) in [6, 6.07) is 5.62. The average molecular weight is 203 g/mol. The largest absolute Gasteiger partial charge is 0.342 e. The number of amides is 1. The Kier molecular flexibility index (Phi) is 2.41. The van der Waals surface area contributed by atoms with Crippen molar-refractivity contribution in [1.29, 1.82) is 0 Å². The van der Waals surface area contributed by atoms with Crippen molar-refractivity contribution in [2.24, 2.45) is 0 Å². The maximum absolute atomic E-state index is 12.0. The molecule has 0 radical (unpaired) electrons. The number of carbonyl (C=O) groups excluding carboxylic acids is 1. The molecule has 4 heteroatoms. The van der Waals surface area contributed by atoms with Crippen molar-refractivity contribution in [3.63, 3.8) is 0 Å². The molecule has 2 rings (SSSR count). The number of hydrogen-bond acceptors (Lipinski definition) is 2. The van der Waals surface area contributed by atoms with Crippen LogP contribution in [0.5, 0.6) is 0 Å². The fourth-order valence-corrected chi connectivity index (χ4v) is 1.50. The molecule has 1 aromatic carbocycles. The number of rotatable bonds is 2. The van der Waals surface area contributed by atoms with Crippen LogP contribution in [0.15, 0.2) is 24.4 Å². The number of para-hydroxylation sites is 1. The first-order chi connectivity index (χ1) is 7.24. The quantitative estimate of drug-likeness (QED) is 0.806. The van der Waals surface area contributed by atoms with Gasteiger partial charge in [-0.2, -0.15) is 5.10 Å². The Morgan fingerprint density at radius 2 is 2.33 bits per heavy atom. The van der Waals surface area contributed by atoms with E-state index in [1.165, 1.54) is 0 Å². The van der Waals surface area contributed by atoms with E-state index >= 15 is 0 Å². The summed E-state index contributed by atoms with van der Waals surface area (Å²) in [7, 11) is 1.79. The van der Waals surface area contributed by atoms with Crippen LogP contribution >= 0.6 is 0 Å². The molecule has 0 atom stereocenters. The highest BCUT2D eigenvalue weighted by Gasteiger charge is 2.13. The summed E-state index contributed by atoms with van der Waals surface area (Å²) < 4.78 is 0. The van der Waals surface area contributed by atoms with Gasteiger partial charge in [-0.1, -0.05) is 12.1 Å². The Hall–Kier alpha value is -1.84. The molecule has 1 heterocycles. The summed E-state index contributed by atoms with van der Waals surface area (Å²) in [6.07, 6.45) is 1.72. The molecule has 2 aromatic rings. The van der Waals surface area contributed by atoms with Crippen molar-refractivity contribution in [1.82, 2.24) is 15.1 Å². The lowest BCUT2D eigenvalue weighted by Gasteiger charge is -2.14. The third-order valence-corrected chi connectivity index (χ3v) is 2.53. The highest BCUT2D eigenvalue weighted by molar-refractivity contribution is 6.05. The number of carbonyl (C=O) groups is 1. The molecule has 1 amide bonds. The van der Waals surface area contributed by atoms with E-state index in [0.717, 1.165) is 10.9 Å². The van der Waals surface area contributed by atoms with Gasteiger partial charge < -0.3 is 4.90 Å². The molecule has 0 spiro atoms. The maximum atomic E-state index is 12.0. The minimum absolute atomic E-state index is 0.0207. The predicted octanol–water partition coefficient (Wildman–Crippen LogP) is 1.65. The van der Waals surface area contributed by atoms with Crippen molar-refractivity contribution in [3.8, 4) is 0 Å². The van der Waals surface area contributed by atoms with E-state index in [1.807, 2.05) is 25.1 Å². The molecule has 0 saturated heterocycles. The Morgan fingerprint density at radius 1 is 1.53 bits per heavy atom. The Morgan fingerprint density at radius 3 is 3.07 bits per heavy atom. The Balaban J connectivity index is 2.51. The summed E-state index contributed by atoms with van der Waals surface area (Å²) >= 11 is 0. The van der Waals surface area contributed by atoms with Gasteiger partial charge in [0.05, 0.1) is 17.3 Å². The molecule has 0 aliphatic heterocycles. The van der Waals surface area contributed by atoms with Crippen LogP contribution in [0, 0.1) is 0 Å². The zero-order chi connectivity index (χ0) is 10.8. The normalized spacial score (nSPS) is 10.5. The van der Waals surface area contributed by atoms with Gasteiger partial charge in [0, 0.05) is 19.0 Å². The van der Waals surface area contributed by atoms with E-state index < -0.39 is 0 Å². The third kappa shape index (κ3) is 1.58. The highest BCUT2D eigenvalue weighted by Crippen LogP contribution is 2.16. The summed E-state index contributed by atoms with van der Waals surface area (Å²) in [5.41, 5.74) is 1.48. The number of aromatic nitrogens is 2. The van der Waals surface area contributed by atoms with E-state index in [2.05, 4.69) is 10.2 Å². The number of benzene rings is 1. The van der Waals surface area contributed by atoms with Crippen molar-refractivity contribution in [3.05, 3.63) is 30.0 Å². The standard InChI is InChI=1S/C11H13N3O/c1-3-14(2)11(15)9-6-4-5-8-7-12-13-10(8)9/h4-7H,3H2,1-2H3,(H,12,13). The molecule has 0 aliphatic carbocycles. The monoisotopic (exact) mass is 203 g/mol. The molecule has 0 aliphatic rings. The SMILES string of the molecule is CCN(C)C(=O)c1cccc2cn[nH]c12. The number of hydrogen-bond donors (Lipinski definition) is 1. The third-order valence-electron chi connectivity index (χ3n) is 2.53. The van der Waals surface area contributed by atoms with Crippen LogP contribution in [0.4, 0.5) is 0 Å². The summed E-state index contributed by atoms with van der Waals surface area (Å²) in [6.45, 7) is 2.65. The van der Waals surface area contributed by atoms with Gasteiger partial charge in [-0.25, -0.2) is 0 Å². The van der Waals surface area contributed by atoms with Crippen LogP contribution in [-0.2, 0) is 0 Å². The van der Waals surface area contributed by atoms with E-state index in [0.29, 0.717) is 12.1 Å². The second-order valence-corrected chi connectivity index (χ2v) is 3.46. The van der Waals surface area contributed by atoms with Gasteiger partial charge in [-0.15, -0.1) is 0 Å². The van der Waals surface area contributed by atoms with Crippen LogP contribution < -0.4 is 0 Å². The Bertz CT molecular complexity index is 489. The van der Waals surface area contributed by atoms with Crippen molar-refractivity contribution in [2.45, 2.75) is 6.92 Å². The van der Waals surface area contributed by atoms with Crippen LogP contribution in [0.1, 0.15) is 17.3 Å². The van der Waals surface area contributed by atoms with Gasteiger partial charge >= 0.3 is 0 Å². The highest BCUT2D eigenvalue weighted by atomic mass is 16.2. The fourth-order valence-electron chi connectivity index (χ4n) is 1.50. The fraction of sp³-hybridized carbons (Fsp3) is 0.273. The molecule has 78 valence electrons.